The van der Waals surface area contributed by atoms with Crippen LogP contribution in [0.2, 0.25) is 0 Å². The van der Waals surface area contributed by atoms with E-state index in [1.165, 1.54) is 16.3 Å². The first-order valence-corrected chi connectivity index (χ1v) is 10.0. The lowest BCUT2D eigenvalue weighted by Crippen LogP contribution is -2.28. The van der Waals surface area contributed by atoms with Crippen LogP contribution in [-0.2, 0) is 24.3 Å². The molecule has 0 radical (unpaired) electrons. The van der Waals surface area contributed by atoms with E-state index in [0.717, 1.165) is 27.7 Å². The number of halogens is 1. The first-order valence-electron chi connectivity index (χ1n) is 9.24. The standard InChI is InChI=1S/C22H22BrN3O2/c1-2-16-6-8-18(9-7-16)20-10-11-22(28)26(25-20)13-12-21(27)24-15-17-4-3-5-19(23)14-17/h3-11,14H,2,12-13,15H2,1H3,(H,24,27). The van der Waals surface area contributed by atoms with Crippen molar-refractivity contribution >= 4 is 21.8 Å². The highest BCUT2D eigenvalue weighted by molar-refractivity contribution is 9.10. The van der Waals surface area contributed by atoms with Gasteiger partial charge in [-0.25, -0.2) is 4.68 Å². The van der Waals surface area contributed by atoms with Crippen LogP contribution >= 0.6 is 15.9 Å². The van der Waals surface area contributed by atoms with Gasteiger partial charge in [0.25, 0.3) is 5.56 Å². The fourth-order valence-corrected chi connectivity index (χ4v) is 3.26. The third kappa shape index (κ3) is 5.39. The van der Waals surface area contributed by atoms with E-state index in [1.54, 1.807) is 6.07 Å². The molecule has 0 atom stereocenters. The number of nitrogens with zero attached hydrogens (tertiary/aromatic N) is 2. The van der Waals surface area contributed by atoms with E-state index < -0.39 is 0 Å². The van der Waals surface area contributed by atoms with Gasteiger partial charge in [-0.15, -0.1) is 0 Å². The van der Waals surface area contributed by atoms with Gasteiger partial charge in [0, 0.05) is 29.1 Å². The number of hydrogen-bond donors (Lipinski definition) is 1. The Balaban J connectivity index is 1.61. The van der Waals surface area contributed by atoms with E-state index in [-0.39, 0.29) is 24.4 Å². The number of nitrogens with one attached hydrogen (secondary N) is 1. The SMILES string of the molecule is CCc1ccc(-c2ccc(=O)n(CCC(=O)NCc3cccc(Br)c3)n2)cc1. The maximum atomic E-state index is 12.1. The van der Waals surface area contributed by atoms with Crippen LogP contribution in [0.5, 0.6) is 0 Å². The van der Waals surface area contributed by atoms with Gasteiger partial charge in [0.2, 0.25) is 5.91 Å². The van der Waals surface area contributed by atoms with Gasteiger partial charge >= 0.3 is 0 Å². The fraction of sp³-hybridized carbons (Fsp3) is 0.227. The molecule has 3 rings (SSSR count). The minimum Gasteiger partial charge on any atom is -0.352 e. The molecule has 0 fully saturated rings. The molecule has 5 nitrogen and oxygen atoms in total. The Morgan fingerprint density at radius 1 is 1.07 bits per heavy atom. The average Bonchev–Trinajstić information content (AvgIpc) is 2.72. The monoisotopic (exact) mass is 439 g/mol. The lowest BCUT2D eigenvalue weighted by atomic mass is 10.1. The maximum absolute atomic E-state index is 12.1. The van der Waals surface area contributed by atoms with Crippen molar-refractivity contribution in [1.29, 1.82) is 0 Å². The predicted octanol–water partition coefficient (Wildman–Crippen LogP) is 3.94. The molecule has 0 unspecified atom stereocenters. The van der Waals surface area contributed by atoms with Crippen molar-refractivity contribution in [3.8, 4) is 11.3 Å². The van der Waals surface area contributed by atoms with Gasteiger partial charge in [-0.3, -0.25) is 9.59 Å². The number of aromatic nitrogens is 2. The number of rotatable bonds is 7. The fourth-order valence-electron chi connectivity index (χ4n) is 2.82. The zero-order valence-corrected chi connectivity index (χ0v) is 17.3. The number of aryl methyl sites for hydroxylation is 2. The van der Waals surface area contributed by atoms with E-state index in [0.29, 0.717) is 6.54 Å². The second kappa shape index (κ2) is 9.46. The highest BCUT2D eigenvalue weighted by Crippen LogP contribution is 2.16. The Morgan fingerprint density at radius 2 is 1.86 bits per heavy atom. The van der Waals surface area contributed by atoms with Crippen molar-refractivity contribution in [3.05, 3.63) is 86.6 Å². The summed E-state index contributed by atoms with van der Waals surface area (Å²) in [6.45, 7) is 2.80. The molecule has 0 saturated heterocycles. The van der Waals surface area contributed by atoms with E-state index >= 15 is 0 Å². The summed E-state index contributed by atoms with van der Waals surface area (Å²) in [5, 5.41) is 7.29. The summed E-state index contributed by atoms with van der Waals surface area (Å²) >= 11 is 3.41. The van der Waals surface area contributed by atoms with Crippen LogP contribution in [0.4, 0.5) is 0 Å². The van der Waals surface area contributed by atoms with Crippen LogP contribution in [-0.4, -0.2) is 15.7 Å². The summed E-state index contributed by atoms with van der Waals surface area (Å²) in [4.78, 5) is 24.2. The van der Waals surface area contributed by atoms with E-state index in [1.807, 2.05) is 36.4 Å². The number of benzene rings is 2. The summed E-state index contributed by atoms with van der Waals surface area (Å²) in [5.41, 5.74) is 3.71. The van der Waals surface area contributed by atoms with Gasteiger partial charge in [-0.05, 0) is 35.7 Å². The van der Waals surface area contributed by atoms with Crippen LogP contribution in [0.15, 0.2) is 69.9 Å². The summed E-state index contributed by atoms with van der Waals surface area (Å²) in [5.74, 6) is -0.119. The van der Waals surface area contributed by atoms with Gasteiger partial charge in [-0.1, -0.05) is 59.3 Å². The van der Waals surface area contributed by atoms with Gasteiger partial charge in [0.1, 0.15) is 0 Å². The molecule has 1 N–H and O–H groups in total. The van der Waals surface area contributed by atoms with Crippen molar-refractivity contribution in [2.24, 2.45) is 0 Å². The normalized spacial score (nSPS) is 10.6. The lowest BCUT2D eigenvalue weighted by Gasteiger charge is -2.09. The molecule has 144 valence electrons. The van der Waals surface area contributed by atoms with Gasteiger partial charge in [0.05, 0.1) is 12.2 Å². The maximum Gasteiger partial charge on any atom is 0.266 e. The summed E-state index contributed by atoms with van der Waals surface area (Å²) in [6.07, 6.45) is 1.17. The highest BCUT2D eigenvalue weighted by Gasteiger charge is 2.07. The number of carbonyl (C=O) groups excluding carboxylic acids is 1. The molecule has 1 aromatic heterocycles. The molecule has 0 aliphatic rings. The van der Waals surface area contributed by atoms with Crippen molar-refractivity contribution in [2.45, 2.75) is 32.9 Å². The Morgan fingerprint density at radius 3 is 2.57 bits per heavy atom. The van der Waals surface area contributed by atoms with E-state index in [2.05, 4.69) is 45.4 Å². The number of hydrogen-bond acceptors (Lipinski definition) is 3. The predicted molar refractivity (Wildman–Crippen MR) is 114 cm³/mol. The molecule has 0 spiro atoms. The van der Waals surface area contributed by atoms with Crippen molar-refractivity contribution in [2.75, 3.05) is 0 Å². The van der Waals surface area contributed by atoms with Gasteiger partial charge < -0.3 is 5.32 Å². The first kappa shape index (κ1) is 20.0. The molecule has 0 aliphatic carbocycles. The van der Waals surface area contributed by atoms with Crippen LogP contribution < -0.4 is 10.9 Å². The van der Waals surface area contributed by atoms with Crippen molar-refractivity contribution in [3.63, 3.8) is 0 Å². The first-order chi connectivity index (χ1) is 13.5. The zero-order chi connectivity index (χ0) is 19.9. The zero-order valence-electron chi connectivity index (χ0n) is 15.7. The number of amides is 1. The van der Waals surface area contributed by atoms with E-state index in [4.69, 9.17) is 0 Å². The lowest BCUT2D eigenvalue weighted by molar-refractivity contribution is -0.121. The second-order valence-electron chi connectivity index (χ2n) is 6.49. The largest absolute Gasteiger partial charge is 0.352 e. The third-order valence-corrected chi connectivity index (χ3v) is 4.95. The highest BCUT2D eigenvalue weighted by atomic mass is 79.9. The van der Waals surface area contributed by atoms with Gasteiger partial charge in [-0.2, -0.15) is 5.10 Å². The molecule has 1 heterocycles. The van der Waals surface area contributed by atoms with Crippen LogP contribution in [0.3, 0.4) is 0 Å². The summed E-state index contributed by atoms with van der Waals surface area (Å²) in [7, 11) is 0. The molecule has 0 bridgehead atoms. The van der Waals surface area contributed by atoms with Crippen molar-refractivity contribution in [1.82, 2.24) is 15.1 Å². The van der Waals surface area contributed by atoms with E-state index in [9.17, 15) is 9.59 Å². The molecule has 6 heteroatoms. The quantitative estimate of drug-likeness (QED) is 0.606. The van der Waals surface area contributed by atoms with Crippen LogP contribution in [0, 0.1) is 0 Å². The number of carbonyl (C=O) groups is 1. The molecule has 0 aliphatic heterocycles. The molecule has 1 amide bonds. The Bertz CT molecular complexity index is 1010. The summed E-state index contributed by atoms with van der Waals surface area (Å²) < 4.78 is 2.32. The van der Waals surface area contributed by atoms with Gasteiger partial charge in [0.15, 0.2) is 0 Å². The molecule has 0 saturated carbocycles. The molecule has 2 aromatic carbocycles. The molecular formula is C22H22BrN3O2. The summed E-state index contributed by atoms with van der Waals surface area (Å²) in [6, 6.07) is 19.1. The minimum atomic E-state index is -0.214. The molecule has 3 aromatic rings. The molecule has 28 heavy (non-hydrogen) atoms. The third-order valence-electron chi connectivity index (χ3n) is 4.45. The Hall–Kier alpha value is -2.73. The smallest absolute Gasteiger partial charge is 0.266 e. The van der Waals surface area contributed by atoms with Crippen LogP contribution in [0.1, 0.15) is 24.5 Å². The minimum absolute atomic E-state index is 0.119. The second-order valence-corrected chi connectivity index (χ2v) is 7.40. The molecular weight excluding hydrogens is 418 g/mol. The van der Waals surface area contributed by atoms with Crippen LogP contribution in [0.25, 0.3) is 11.3 Å². The van der Waals surface area contributed by atoms with Crippen molar-refractivity contribution < 1.29 is 4.79 Å². The topological polar surface area (TPSA) is 64.0 Å². The average molecular weight is 440 g/mol. The Kier molecular flexibility index (Phi) is 6.76. The Labute approximate surface area is 172 Å².